The van der Waals surface area contributed by atoms with Gasteiger partial charge >= 0.3 is 0 Å². The summed E-state index contributed by atoms with van der Waals surface area (Å²) < 4.78 is 0. The Morgan fingerprint density at radius 3 is 2.25 bits per heavy atom. The van der Waals surface area contributed by atoms with E-state index in [1.54, 1.807) is 0 Å². The second kappa shape index (κ2) is 6.86. The standard InChI is InChI=1S/C11H19N/c1-5-9-12-11(8-4)10(6-2)7-3/h5-6,8,10-12H,1-2,4,7,9H2,3H3. The smallest absolute Gasteiger partial charge is 0.0313 e. The van der Waals surface area contributed by atoms with Crippen LogP contribution in [-0.4, -0.2) is 12.6 Å². The fraction of sp³-hybridized carbons (Fsp3) is 0.455. The summed E-state index contributed by atoms with van der Waals surface area (Å²) in [5, 5.41) is 3.31. The van der Waals surface area contributed by atoms with Crippen LogP contribution in [0.3, 0.4) is 0 Å². The first kappa shape index (κ1) is 11.2. The summed E-state index contributed by atoms with van der Waals surface area (Å²) in [6.45, 7) is 14.2. The summed E-state index contributed by atoms with van der Waals surface area (Å²) in [6.07, 6.45) is 6.85. The van der Waals surface area contributed by atoms with E-state index in [1.165, 1.54) is 0 Å². The normalized spacial score (nSPS) is 14.8. The van der Waals surface area contributed by atoms with Gasteiger partial charge in [0, 0.05) is 12.6 Å². The first-order valence-corrected chi connectivity index (χ1v) is 4.39. The van der Waals surface area contributed by atoms with Crippen molar-refractivity contribution >= 4 is 0 Å². The van der Waals surface area contributed by atoms with Gasteiger partial charge in [-0.05, 0) is 12.3 Å². The summed E-state index contributed by atoms with van der Waals surface area (Å²) >= 11 is 0. The van der Waals surface area contributed by atoms with E-state index in [2.05, 4.69) is 32.0 Å². The topological polar surface area (TPSA) is 12.0 Å². The highest BCUT2D eigenvalue weighted by molar-refractivity contribution is 4.98. The molecule has 0 aliphatic rings. The third-order valence-corrected chi connectivity index (χ3v) is 1.99. The molecular formula is C11H19N. The maximum absolute atomic E-state index is 3.80. The molecule has 0 bridgehead atoms. The molecule has 68 valence electrons. The van der Waals surface area contributed by atoms with E-state index in [-0.39, 0.29) is 0 Å². The van der Waals surface area contributed by atoms with Gasteiger partial charge in [0.25, 0.3) is 0 Å². The van der Waals surface area contributed by atoms with E-state index in [4.69, 9.17) is 0 Å². The van der Waals surface area contributed by atoms with Crippen LogP contribution in [0.4, 0.5) is 0 Å². The van der Waals surface area contributed by atoms with Gasteiger partial charge in [0.05, 0.1) is 0 Å². The van der Waals surface area contributed by atoms with Crippen molar-refractivity contribution in [3.05, 3.63) is 38.0 Å². The molecule has 0 fully saturated rings. The maximum atomic E-state index is 3.80. The van der Waals surface area contributed by atoms with Crippen molar-refractivity contribution in [1.29, 1.82) is 0 Å². The fourth-order valence-electron chi connectivity index (χ4n) is 1.20. The van der Waals surface area contributed by atoms with Crippen molar-refractivity contribution in [1.82, 2.24) is 5.32 Å². The van der Waals surface area contributed by atoms with Crippen LogP contribution >= 0.6 is 0 Å². The molecule has 12 heavy (non-hydrogen) atoms. The number of nitrogens with one attached hydrogen (secondary N) is 1. The molecule has 0 aromatic rings. The molecule has 0 heterocycles. The van der Waals surface area contributed by atoms with E-state index in [1.807, 2.05) is 18.2 Å². The average molecular weight is 165 g/mol. The van der Waals surface area contributed by atoms with Crippen LogP contribution in [-0.2, 0) is 0 Å². The van der Waals surface area contributed by atoms with E-state index in [0.717, 1.165) is 13.0 Å². The van der Waals surface area contributed by atoms with Crippen molar-refractivity contribution in [2.45, 2.75) is 19.4 Å². The summed E-state index contributed by atoms with van der Waals surface area (Å²) in [7, 11) is 0. The van der Waals surface area contributed by atoms with Crippen LogP contribution in [0.1, 0.15) is 13.3 Å². The van der Waals surface area contributed by atoms with E-state index >= 15 is 0 Å². The van der Waals surface area contributed by atoms with E-state index in [9.17, 15) is 0 Å². The fourth-order valence-corrected chi connectivity index (χ4v) is 1.20. The third-order valence-electron chi connectivity index (χ3n) is 1.99. The molecule has 1 N–H and O–H groups in total. The quantitative estimate of drug-likeness (QED) is 0.572. The monoisotopic (exact) mass is 165 g/mol. The van der Waals surface area contributed by atoms with Gasteiger partial charge in [-0.3, -0.25) is 0 Å². The molecule has 1 heteroatoms. The zero-order valence-electron chi connectivity index (χ0n) is 7.92. The molecule has 0 rings (SSSR count). The minimum absolute atomic E-state index is 0.325. The SMILES string of the molecule is C=CCNC(C=C)C(C=C)CC. The molecule has 0 radical (unpaired) electrons. The maximum Gasteiger partial charge on any atom is 0.0313 e. The van der Waals surface area contributed by atoms with Crippen LogP contribution in [0.25, 0.3) is 0 Å². The lowest BCUT2D eigenvalue weighted by Crippen LogP contribution is -2.33. The predicted molar refractivity (Wildman–Crippen MR) is 56.2 cm³/mol. The highest BCUT2D eigenvalue weighted by Crippen LogP contribution is 2.10. The molecule has 2 atom stereocenters. The Kier molecular flexibility index (Phi) is 6.39. The van der Waals surface area contributed by atoms with E-state index in [0.29, 0.717) is 12.0 Å². The first-order valence-electron chi connectivity index (χ1n) is 4.39. The molecule has 0 aliphatic heterocycles. The Balaban J connectivity index is 4.00. The largest absolute Gasteiger partial charge is 0.307 e. The minimum atomic E-state index is 0.325. The number of rotatable bonds is 7. The lowest BCUT2D eigenvalue weighted by Gasteiger charge is -2.20. The van der Waals surface area contributed by atoms with Crippen molar-refractivity contribution in [3.63, 3.8) is 0 Å². The van der Waals surface area contributed by atoms with Crippen molar-refractivity contribution < 1.29 is 0 Å². The van der Waals surface area contributed by atoms with Crippen molar-refractivity contribution in [3.8, 4) is 0 Å². The van der Waals surface area contributed by atoms with Gasteiger partial charge in [-0.15, -0.1) is 19.7 Å². The number of hydrogen-bond donors (Lipinski definition) is 1. The first-order chi connectivity index (χ1) is 5.79. The Morgan fingerprint density at radius 2 is 1.92 bits per heavy atom. The molecule has 0 saturated heterocycles. The van der Waals surface area contributed by atoms with Gasteiger partial charge in [0.15, 0.2) is 0 Å². The van der Waals surface area contributed by atoms with Gasteiger partial charge in [-0.1, -0.05) is 25.2 Å². The molecule has 1 nitrogen and oxygen atoms in total. The van der Waals surface area contributed by atoms with Crippen LogP contribution in [0.2, 0.25) is 0 Å². The van der Waals surface area contributed by atoms with Gasteiger partial charge in [0.1, 0.15) is 0 Å². The summed E-state index contributed by atoms with van der Waals surface area (Å²) in [5.74, 6) is 0.474. The van der Waals surface area contributed by atoms with Crippen LogP contribution in [0, 0.1) is 5.92 Å². The molecule has 0 aromatic carbocycles. The molecule has 0 amide bonds. The molecule has 0 aliphatic carbocycles. The third kappa shape index (κ3) is 3.54. The average Bonchev–Trinajstić information content (AvgIpc) is 2.12. The molecule has 0 aromatic heterocycles. The molecule has 0 spiro atoms. The van der Waals surface area contributed by atoms with Gasteiger partial charge < -0.3 is 5.32 Å². The summed E-state index contributed by atoms with van der Waals surface area (Å²) in [6, 6.07) is 0.325. The van der Waals surface area contributed by atoms with Crippen molar-refractivity contribution in [2.75, 3.05) is 6.54 Å². The van der Waals surface area contributed by atoms with Crippen LogP contribution in [0.15, 0.2) is 38.0 Å². The Morgan fingerprint density at radius 1 is 1.25 bits per heavy atom. The van der Waals surface area contributed by atoms with Crippen molar-refractivity contribution in [2.24, 2.45) is 5.92 Å². The zero-order valence-corrected chi connectivity index (χ0v) is 7.92. The van der Waals surface area contributed by atoms with Gasteiger partial charge in [-0.2, -0.15) is 0 Å². The lowest BCUT2D eigenvalue weighted by molar-refractivity contribution is 0.481. The Labute approximate surface area is 75.9 Å². The Hall–Kier alpha value is -0.820. The van der Waals surface area contributed by atoms with Crippen LogP contribution < -0.4 is 5.32 Å². The summed E-state index contributed by atoms with van der Waals surface area (Å²) in [5.41, 5.74) is 0. The number of hydrogen-bond acceptors (Lipinski definition) is 1. The second-order valence-electron chi connectivity index (χ2n) is 2.77. The minimum Gasteiger partial charge on any atom is -0.307 e. The molecule has 2 unspecified atom stereocenters. The Bertz CT molecular complexity index is 149. The zero-order chi connectivity index (χ0) is 9.40. The van der Waals surface area contributed by atoms with Gasteiger partial charge in [0.2, 0.25) is 0 Å². The molecule has 0 saturated carbocycles. The van der Waals surface area contributed by atoms with Gasteiger partial charge in [-0.25, -0.2) is 0 Å². The summed E-state index contributed by atoms with van der Waals surface area (Å²) in [4.78, 5) is 0. The lowest BCUT2D eigenvalue weighted by atomic mass is 9.97. The highest BCUT2D eigenvalue weighted by atomic mass is 14.9. The predicted octanol–water partition coefficient (Wildman–Crippen LogP) is 2.53. The molecular weight excluding hydrogens is 146 g/mol. The van der Waals surface area contributed by atoms with Crippen LogP contribution in [0.5, 0.6) is 0 Å². The highest BCUT2D eigenvalue weighted by Gasteiger charge is 2.11. The second-order valence-corrected chi connectivity index (χ2v) is 2.77. The van der Waals surface area contributed by atoms with E-state index < -0.39 is 0 Å².